The van der Waals surface area contributed by atoms with Crippen molar-refractivity contribution in [2.45, 2.75) is 26.3 Å². The van der Waals surface area contributed by atoms with Crippen LogP contribution in [0.3, 0.4) is 0 Å². The highest BCUT2D eigenvalue weighted by Crippen LogP contribution is 2.33. The second-order valence-electron chi connectivity index (χ2n) is 15.9. The van der Waals surface area contributed by atoms with Crippen molar-refractivity contribution in [3.05, 3.63) is 101 Å². The van der Waals surface area contributed by atoms with Crippen molar-refractivity contribution < 1.29 is 37.0 Å². The van der Waals surface area contributed by atoms with Gasteiger partial charge in [0.1, 0.15) is 19.3 Å². The number of aryl methyl sites for hydroxylation is 2. The molecule has 2 aromatic carbocycles. The van der Waals surface area contributed by atoms with E-state index in [9.17, 15) is 19.2 Å². The third-order valence-corrected chi connectivity index (χ3v) is 11.5. The van der Waals surface area contributed by atoms with E-state index < -0.39 is 17.5 Å². The number of carbonyl (C=O) groups excluding carboxylic acids is 4. The number of nitrogens with zero attached hydrogens (tertiary/aromatic N) is 8. The van der Waals surface area contributed by atoms with Gasteiger partial charge in [0, 0.05) is 86.6 Å². The maximum atomic E-state index is 15.8. The summed E-state index contributed by atoms with van der Waals surface area (Å²) in [6, 6.07) is 10.9. The highest BCUT2D eigenvalue weighted by Gasteiger charge is 2.35. The summed E-state index contributed by atoms with van der Waals surface area (Å²) in [4.78, 5) is 60.4. The van der Waals surface area contributed by atoms with Gasteiger partial charge in [-0.3, -0.25) is 23.9 Å². The van der Waals surface area contributed by atoms with E-state index in [1.54, 1.807) is 40.8 Å². The average molecular weight is 829 g/mol. The molecule has 5 aromatic rings. The van der Waals surface area contributed by atoms with Gasteiger partial charge in [0.15, 0.2) is 29.9 Å². The summed E-state index contributed by atoms with van der Waals surface area (Å²) in [5.74, 6) is -3.40. The molecule has 0 unspecified atom stereocenters. The lowest BCUT2D eigenvalue weighted by molar-refractivity contribution is -0.895. The Bertz CT molecular complexity index is 2450. The van der Waals surface area contributed by atoms with E-state index in [0.29, 0.717) is 48.8 Å². The predicted molar refractivity (Wildman–Crippen MR) is 217 cm³/mol. The Morgan fingerprint density at radius 1 is 0.915 bits per heavy atom. The number of hydrogen-bond acceptors (Lipinski definition) is 6. The summed E-state index contributed by atoms with van der Waals surface area (Å²) in [5, 5.41) is 9.98. The number of piperazine rings is 1. The monoisotopic (exact) mass is 828 g/mol. The highest BCUT2D eigenvalue weighted by molar-refractivity contribution is 6.34. The van der Waals surface area contributed by atoms with Crippen LogP contribution in [0.2, 0.25) is 5.02 Å². The molecule has 7 rings (SSSR count). The second kappa shape index (κ2) is 16.7. The molecule has 0 spiro atoms. The molecular formula is C42H47ClF2N10O4+2. The predicted octanol–water partition coefficient (Wildman–Crippen LogP) is 4.68. The quantitative estimate of drug-likeness (QED) is 0.164. The van der Waals surface area contributed by atoms with Crippen molar-refractivity contribution in [3.63, 3.8) is 0 Å². The Morgan fingerprint density at radius 2 is 1.59 bits per heavy atom. The number of aromatic nitrogens is 5. The summed E-state index contributed by atoms with van der Waals surface area (Å²) in [7, 11) is 7.70. The zero-order valence-electron chi connectivity index (χ0n) is 33.6. The van der Waals surface area contributed by atoms with Gasteiger partial charge in [-0.25, -0.2) is 18.3 Å². The van der Waals surface area contributed by atoms with Crippen molar-refractivity contribution in [2.75, 3.05) is 64.0 Å². The number of quaternary nitrogens is 1. The Hall–Kier alpha value is -6.00. The van der Waals surface area contributed by atoms with Gasteiger partial charge < -0.3 is 29.5 Å². The third-order valence-electron chi connectivity index (χ3n) is 11.2. The standard InChI is InChI=1S/C42H45ClF2N10O4/c1-26-33(24-54(49-26)25-36(56)47-29-7-6-14-50(2)23-29)30-10-11-32(38(45)37(30)44)35-22-46-39(51(35)3)40(57)48-28-8-9-31(34(43)21-28)42(59)53-17-15-52(16-18-53)41(58)27-12-19-55(4,5)20-13-27/h6-11,14,21-24,27H,12-13,15-20,25H2,1-5H3/p+2. The van der Waals surface area contributed by atoms with Gasteiger partial charge in [-0.05, 0) is 37.3 Å². The number of rotatable bonds is 9. The molecule has 2 aliphatic rings. The minimum absolute atomic E-state index is 0.0275. The Balaban J connectivity index is 0.973. The van der Waals surface area contributed by atoms with E-state index in [-0.39, 0.29) is 63.4 Å². The van der Waals surface area contributed by atoms with Crippen LogP contribution >= 0.6 is 11.6 Å². The van der Waals surface area contributed by atoms with Crippen LogP contribution < -0.4 is 15.2 Å². The lowest BCUT2D eigenvalue weighted by atomic mass is 9.94. The fraction of sp³-hybridized carbons (Fsp3) is 0.357. The Labute approximate surface area is 345 Å². The van der Waals surface area contributed by atoms with Gasteiger partial charge >= 0.3 is 0 Å². The number of imidazole rings is 1. The average Bonchev–Trinajstić information content (AvgIpc) is 3.76. The summed E-state index contributed by atoms with van der Waals surface area (Å²) >= 11 is 6.56. The summed E-state index contributed by atoms with van der Waals surface area (Å²) in [6.07, 6.45) is 8.08. The molecule has 0 saturated carbocycles. The number of carbonyl (C=O) groups is 4. The van der Waals surface area contributed by atoms with Crippen molar-refractivity contribution in [1.29, 1.82) is 0 Å². The van der Waals surface area contributed by atoms with Crippen LogP contribution in [-0.2, 0) is 30.2 Å². The molecular weight excluding hydrogens is 782 g/mol. The number of piperidine rings is 1. The lowest BCUT2D eigenvalue weighted by Gasteiger charge is -2.40. The van der Waals surface area contributed by atoms with Crippen molar-refractivity contribution >= 4 is 46.6 Å². The Kier molecular flexibility index (Phi) is 11.7. The fourth-order valence-electron chi connectivity index (χ4n) is 7.72. The number of halogens is 3. The van der Waals surface area contributed by atoms with Crippen LogP contribution in [-0.4, -0.2) is 111 Å². The molecule has 4 amide bonds. The maximum absolute atomic E-state index is 15.8. The molecule has 3 aromatic heterocycles. The first kappa shape index (κ1) is 41.2. The number of hydrogen-bond donors (Lipinski definition) is 2. The number of nitrogens with one attached hydrogen (secondary N) is 2. The number of benzene rings is 2. The van der Waals surface area contributed by atoms with Gasteiger partial charge in [0.25, 0.3) is 11.8 Å². The molecule has 0 radical (unpaired) electrons. The Morgan fingerprint density at radius 3 is 2.29 bits per heavy atom. The fourth-order valence-corrected chi connectivity index (χ4v) is 7.99. The normalized spacial score (nSPS) is 15.6. The molecule has 59 heavy (non-hydrogen) atoms. The SMILES string of the molecule is Cc1nn(CC(=O)Nc2ccc[n+](C)c2)cc1-c1ccc(-c2cnc(C(=O)Nc3ccc(C(=O)N4CCN(C(=O)C5CC[N+](C)(C)CC5)CC4)c(Cl)c3)n2C)c(F)c1F. The molecule has 2 N–H and O–H groups in total. The topological polar surface area (TPSA) is 138 Å². The summed E-state index contributed by atoms with van der Waals surface area (Å²) < 4.78 is 36.9. The zero-order chi connectivity index (χ0) is 42.2. The molecule has 14 nitrogen and oxygen atoms in total. The number of likely N-dealkylation sites (tertiary alicyclic amines) is 1. The minimum atomic E-state index is -1.15. The number of anilines is 2. The summed E-state index contributed by atoms with van der Waals surface area (Å²) in [6.45, 7) is 5.14. The van der Waals surface area contributed by atoms with Gasteiger partial charge in [-0.1, -0.05) is 17.7 Å². The lowest BCUT2D eigenvalue weighted by Crippen LogP contribution is -2.54. The molecule has 0 aliphatic carbocycles. The minimum Gasteiger partial charge on any atom is -0.339 e. The highest BCUT2D eigenvalue weighted by atomic mass is 35.5. The summed E-state index contributed by atoms with van der Waals surface area (Å²) in [5.41, 5.74) is 1.88. The van der Waals surface area contributed by atoms with Crippen LogP contribution in [0.4, 0.5) is 20.2 Å². The van der Waals surface area contributed by atoms with E-state index in [1.165, 1.54) is 53.0 Å². The molecule has 2 aliphatic heterocycles. The third kappa shape index (κ3) is 8.88. The maximum Gasteiger partial charge on any atom is 0.291 e. The first-order chi connectivity index (χ1) is 28.1. The first-order valence-electron chi connectivity index (χ1n) is 19.4. The van der Waals surface area contributed by atoms with Crippen LogP contribution in [0.25, 0.3) is 22.4 Å². The van der Waals surface area contributed by atoms with Crippen LogP contribution in [0, 0.1) is 24.5 Å². The molecule has 5 heterocycles. The molecule has 2 fully saturated rings. The molecule has 0 bridgehead atoms. The van der Waals surface area contributed by atoms with Crippen molar-refractivity contribution in [2.24, 2.45) is 20.0 Å². The number of amides is 4. The second-order valence-corrected chi connectivity index (χ2v) is 16.3. The van der Waals surface area contributed by atoms with Gasteiger partial charge in [-0.15, -0.1) is 0 Å². The van der Waals surface area contributed by atoms with Crippen LogP contribution in [0.1, 0.15) is 39.5 Å². The van der Waals surface area contributed by atoms with E-state index in [4.69, 9.17) is 11.6 Å². The van der Waals surface area contributed by atoms with Crippen molar-refractivity contribution in [3.8, 4) is 22.4 Å². The van der Waals surface area contributed by atoms with E-state index in [1.807, 2.05) is 18.1 Å². The van der Waals surface area contributed by atoms with Gasteiger partial charge in [-0.2, -0.15) is 5.10 Å². The van der Waals surface area contributed by atoms with Gasteiger partial charge in [0.2, 0.25) is 11.8 Å². The van der Waals surface area contributed by atoms with E-state index >= 15 is 8.78 Å². The molecule has 308 valence electrons. The van der Waals surface area contributed by atoms with E-state index in [2.05, 4.69) is 34.8 Å². The van der Waals surface area contributed by atoms with Crippen LogP contribution in [0.5, 0.6) is 0 Å². The molecule has 2 saturated heterocycles. The molecule has 17 heteroatoms. The largest absolute Gasteiger partial charge is 0.339 e. The zero-order valence-corrected chi connectivity index (χ0v) is 34.4. The molecule has 0 atom stereocenters. The van der Waals surface area contributed by atoms with Gasteiger partial charge in [0.05, 0.1) is 55.4 Å². The van der Waals surface area contributed by atoms with E-state index in [0.717, 1.165) is 30.4 Å². The smallest absolute Gasteiger partial charge is 0.291 e. The number of pyridine rings is 1. The first-order valence-corrected chi connectivity index (χ1v) is 19.8. The van der Waals surface area contributed by atoms with Crippen LogP contribution in [0.15, 0.2) is 67.3 Å². The van der Waals surface area contributed by atoms with Crippen molar-refractivity contribution in [1.82, 2.24) is 29.1 Å².